The third kappa shape index (κ3) is 3.04. The maximum absolute atomic E-state index is 12.2. The van der Waals surface area contributed by atoms with Crippen molar-refractivity contribution in [2.45, 2.75) is 3.79 Å². The fraction of sp³-hybridized carbons (Fsp3) is 0.0625. The fourth-order valence-corrected chi connectivity index (χ4v) is 2.85. The van der Waals surface area contributed by atoms with Gasteiger partial charge in [-0.15, -0.1) is 0 Å². The molecule has 0 aliphatic heterocycles. The van der Waals surface area contributed by atoms with Gasteiger partial charge < -0.3 is 4.98 Å². The van der Waals surface area contributed by atoms with Gasteiger partial charge >= 0.3 is 0 Å². The molecule has 0 radical (unpaired) electrons. The Kier molecular flexibility index (Phi) is 4.25. The Morgan fingerprint density at radius 3 is 2.27 bits per heavy atom. The Balaban J connectivity index is 2.13. The molecule has 0 atom stereocenters. The molecule has 0 spiro atoms. The first kappa shape index (κ1) is 15.9. The van der Waals surface area contributed by atoms with Crippen LogP contribution in [0.2, 0.25) is 0 Å². The molecule has 0 amide bonds. The number of carbonyl (C=O) groups excluding carboxylic acids is 1. The van der Waals surface area contributed by atoms with Crippen LogP contribution in [0.4, 0.5) is 0 Å². The summed E-state index contributed by atoms with van der Waals surface area (Å²) in [6, 6.07) is 13.7. The van der Waals surface area contributed by atoms with Gasteiger partial charge in [0, 0.05) is 27.1 Å². The van der Waals surface area contributed by atoms with E-state index < -0.39 is 9.58 Å². The van der Waals surface area contributed by atoms with Crippen LogP contribution in [-0.2, 0) is 0 Å². The quantitative estimate of drug-likeness (QED) is 0.394. The Morgan fingerprint density at radius 1 is 1.00 bits per heavy atom. The number of aromatic nitrogens is 1. The Hall–Kier alpha value is -1.000. The number of carbonyl (C=O) groups is 1. The number of H-pyrrole nitrogens is 1. The van der Waals surface area contributed by atoms with E-state index >= 15 is 0 Å². The van der Waals surface area contributed by atoms with Gasteiger partial charge in [0.15, 0.2) is 0 Å². The van der Waals surface area contributed by atoms with Crippen LogP contribution in [0.15, 0.2) is 53.1 Å². The zero-order valence-electron chi connectivity index (χ0n) is 11.0. The fourth-order valence-electron chi connectivity index (χ4n) is 2.28. The van der Waals surface area contributed by atoms with Crippen LogP contribution in [0.3, 0.4) is 0 Å². The second-order valence-corrected chi connectivity index (χ2v) is 7.99. The molecule has 0 aliphatic carbocycles. The number of fused-ring (bicyclic) bond motifs is 1. The molecule has 0 unspecified atom stereocenters. The lowest BCUT2D eigenvalue weighted by molar-refractivity contribution is 0.0998. The van der Waals surface area contributed by atoms with Crippen LogP contribution in [0, 0.1) is 0 Å². The standard InChI is InChI=1S/C16H9BrCl3NO/c17-11-4-1-9(2-5-11)10-3-6-14-12(7-10)13(8-21-14)15(22)16(18,19)20/h1-8,21H. The van der Waals surface area contributed by atoms with Gasteiger partial charge in [-0.1, -0.05) is 68.9 Å². The molecule has 1 N–H and O–H groups in total. The van der Waals surface area contributed by atoms with Crippen molar-refractivity contribution in [3.05, 3.63) is 58.7 Å². The minimum Gasteiger partial charge on any atom is -0.360 e. The van der Waals surface area contributed by atoms with E-state index in [-0.39, 0.29) is 0 Å². The normalized spacial score (nSPS) is 11.8. The second kappa shape index (κ2) is 5.89. The van der Waals surface area contributed by atoms with Crippen molar-refractivity contribution < 1.29 is 4.79 Å². The third-order valence-corrected chi connectivity index (χ3v) is 4.40. The predicted molar refractivity (Wildman–Crippen MR) is 96.1 cm³/mol. The van der Waals surface area contributed by atoms with Gasteiger partial charge in [0.25, 0.3) is 3.79 Å². The molecule has 0 aliphatic rings. The van der Waals surface area contributed by atoms with Crippen molar-refractivity contribution in [2.75, 3.05) is 0 Å². The summed E-state index contributed by atoms with van der Waals surface area (Å²) >= 11 is 20.5. The highest BCUT2D eigenvalue weighted by Gasteiger charge is 2.33. The summed E-state index contributed by atoms with van der Waals surface area (Å²) in [5.41, 5.74) is 3.21. The summed E-state index contributed by atoms with van der Waals surface area (Å²) in [7, 11) is 0. The van der Waals surface area contributed by atoms with Gasteiger partial charge in [0.2, 0.25) is 5.78 Å². The summed E-state index contributed by atoms with van der Waals surface area (Å²) in [4.78, 5) is 15.2. The van der Waals surface area contributed by atoms with Crippen LogP contribution in [0.5, 0.6) is 0 Å². The number of nitrogens with one attached hydrogen (secondary N) is 1. The Morgan fingerprint density at radius 2 is 1.64 bits per heavy atom. The zero-order chi connectivity index (χ0) is 15.9. The molecule has 3 rings (SSSR count). The SMILES string of the molecule is O=C(c1c[nH]c2ccc(-c3ccc(Br)cc3)cc12)C(Cl)(Cl)Cl. The van der Waals surface area contributed by atoms with Crippen molar-refractivity contribution in [1.29, 1.82) is 0 Å². The zero-order valence-corrected chi connectivity index (χ0v) is 14.9. The number of hydrogen-bond acceptors (Lipinski definition) is 1. The molecule has 2 nitrogen and oxygen atoms in total. The van der Waals surface area contributed by atoms with Crippen molar-refractivity contribution in [3.63, 3.8) is 0 Å². The van der Waals surface area contributed by atoms with E-state index in [1.165, 1.54) is 0 Å². The molecule has 0 fully saturated rings. The maximum Gasteiger partial charge on any atom is 0.253 e. The van der Waals surface area contributed by atoms with Crippen LogP contribution in [0.25, 0.3) is 22.0 Å². The molecule has 0 bridgehead atoms. The molecule has 112 valence electrons. The summed E-state index contributed by atoms with van der Waals surface area (Å²) in [5.74, 6) is -0.545. The minimum atomic E-state index is -1.97. The third-order valence-electron chi connectivity index (χ3n) is 3.36. The minimum absolute atomic E-state index is 0.369. The Bertz CT molecular complexity index is 850. The molecule has 6 heteroatoms. The summed E-state index contributed by atoms with van der Waals surface area (Å²) in [6.07, 6.45) is 1.57. The van der Waals surface area contributed by atoms with Gasteiger partial charge in [-0.2, -0.15) is 0 Å². The monoisotopic (exact) mass is 415 g/mol. The van der Waals surface area contributed by atoms with E-state index in [0.717, 1.165) is 26.5 Å². The first-order valence-corrected chi connectivity index (χ1v) is 8.27. The molecule has 2 aromatic carbocycles. The van der Waals surface area contributed by atoms with Gasteiger partial charge in [-0.25, -0.2) is 0 Å². The van der Waals surface area contributed by atoms with Crippen molar-refractivity contribution >= 4 is 67.4 Å². The van der Waals surface area contributed by atoms with Crippen molar-refractivity contribution in [1.82, 2.24) is 4.98 Å². The average Bonchev–Trinajstić information content (AvgIpc) is 2.89. The first-order valence-electron chi connectivity index (χ1n) is 6.35. The molecule has 0 saturated carbocycles. The predicted octanol–water partition coefficient (Wildman–Crippen LogP) is 6.15. The van der Waals surface area contributed by atoms with Crippen molar-refractivity contribution in [2.24, 2.45) is 0 Å². The maximum atomic E-state index is 12.2. The molecular weight excluding hydrogens is 408 g/mol. The lowest BCUT2D eigenvalue weighted by Gasteiger charge is -2.08. The number of hydrogen-bond donors (Lipinski definition) is 1. The summed E-state index contributed by atoms with van der Waals surface area (Å²) < 4.78 is -0.964. The highest BCUT2D eigenvalue weighted by Crippen LogP contribution is 2.34. The molecule has 1 heterocycles. The van der Waals surface area contributed by atoms with Crippen LogP contribution >= 0.6 is 50.7 Å². The molecule has 22 heavy (non-hydrogen) atoms. The molecular formula is C16H9BrCl3NO. The second-order valence-electron chi connectivity index (χ2n) is 4.80. The number of ketones is 1. The average molecular weight is 418 g/mol. The molecule has 3 aromatic rings. The topological polar surface area (TPSA) is 32.9 Å². The number of benzene rings is 2. The van der Waals surface area contributed by atoms with Gasteiger partial charge in [-0.3, -0.25) is 4.79 Å². The summed E-state index contributed by atoms with van der Waals surface area (Å²) in [5, 5.41) is 0.733. The van der Waals surface area contributed by atoms with Gasteiger partial charge in [0.05, 0.1) is 0 Å². The molecule has 1 aromatic heterocycles. The highest BCUT2D eigenvalue weighted by atomic mass is 79.9. The van der Waals surface area contributed by atoms with E-state index in [1.807, 2.05) is 42.5 Å². The number of alkyl halides is 3. The van der Waals surface area contributed by atoms with E-state index in [1.54, 1.807) is 6.20 Å². The van der Waals surface area contributed by atoms with Gasteiger partial charge in [0.1, 0.15) is 0 Å². The van der Waals surface area contributed by atoms with Crippen LogP contribution < -0.4 is 0 Å². The highest BCUT2D eigenvalue weighted by molar-refractivity contribution is 9.10. The number of aromatic amines is 1. The lowest BCUT2D eigenvalue weighted by atomic mass is 10.0. The van der Waals surface area contributed by atoms with Gasteiger partial charge in [-0.05, 0) is 35.4 Å². The van der Waals surface area contributed by atoms with E-state index in [2.05, 4.69) is 20.9 Å². The van der Waals surface area contributed by atoms with E-state index in [0.29, 0.717) is 5.56 Å². The first-order chi connectivity index (χ1) is 10.4. The van der Waals surface area contributed by atoms with E-state index in [4.69, 9.17) is 34.8 Å². The number of halogens is 4. The van der Waals surface area contributed by atoms with Crippen LogP contribution in [0.1, 0.15) is 10.4 Å². The number of Topliss-reactive ketones (excluding diaryl/α,β-unsaturated/α-hetero) is 1. The van der Waals surface area contributed by atoms with Crippen LogP contribution in [-0.4, -0.2) is 14.6 Å². The smallest absolute Gasteiger partial charge is 0.253 e. The largest absolute Gasteiger partial charge is 0.360 e. The Labute approximate surface area is 150 Å². The lowest BCUT2D eigenvalue weighted by Crippen LogP contribution is -2.18. The van der Waals surface area contributed by atoms with E-state index in [9.17, 15) is 4.79 Å². The summed E-state index contributed by atoms with van der Waals surface area (Å²) in [6.45, 7) is 0. The number of rotatable bonds is 2. The van der Waals surface area contributed by atoms with Crippen molar-refractivity contribution in [3.8, 4) is 11.1 Å². The molecule has 0 saturated heterocycles.